The lowest BCUT2D eigenvalue weighted by molar-refractivity contribution is 0.0500. The SMILES string of the molecule is OC[C@]12CCCN1CC[C@@H]2F. The lowest BCUT2D eigenvalue weighted by atomic mass is 9.93. The van der Waals surface area contributed by atoms with Gasteiger partial charge in [0.1, 0.15) is 6.17 Å². The van der Waals surface area contributed by atoms with E-state index in [-0.39, 0.29) is 6.61 Å². The van der Waals surface area contributed by atoms with Crippen LogP contribution in [0.3, 0.4) is 0 Å². The molecule has 3 heteroatoms. The van der Waals surface area contributed by atoms with E-state index >= 15 is 0 Å². The van der Waals surface area contributed by atoms with Crippen LogP contribution in [0.5, 0.6) is 0 Å². The highest BCUT2D eigenvalue weighted by Gasteiger charge is 2.51. The highest BCUT2D eigenvalue weighted by Crippen LogP contribution is 2.40. The molecule has 2 fully saturated rings. The maximum absolute atomic E-state index is 13.3. The minimum absolute atomic E-state index is 0.00579. The fourth-order valence-corrected chi connectivity index (χ4v) is 2.46. The van der Waals surface area contributed by atoms with Crippen LogP contribution in [0.2, 0.25) is 0 Å². The zero-order valence-electron chi connectivity index (χ0n) is 6.59. The Kier molecular flexibility index (Phi) is 1.65. The minimum atomic E-state index is -0.796. The van der Waals surface area contributed by atoms with E-state index in [0.717, 1.165) is 25.9 Å². The molecule has 0 amide bonds. The predicted molar refractivity (Wildman–Crippen MR) is 40.1 cm³/mol. The Hall–Kier alpha value is -0.150. The molecule has 0 spiro atoms. The molecule has 0 radical (unpaired) electrons. The molecule has 0 unspecified atom stereocenters. The van der Waals surface area contributed by atoms with Crippen molar-refractivity contribution in [3.8, 4) is 0 Å². The summed E-state index contributed by atoms with van der Waals surface area (Å²) in [5.41, 5.74) is -0.472. The molecule has 2 aliphatic rings. The molecule has 0 saturated carbocycles. The molecule has 0 aromatic rings. The Bertz CT molecular complexity index is 164. The number of nitrogens with zero attached hydrogens (tertiary/aromatic N) is 1. The highest BCUT2D eigenvalue weighted by atomic mass is 19.1. The molecule has 2 heterocycles. The van der Waals surface area contributed by atoms with Gasteiger partial charge in [-0.25, -0.2) is 4.39 Å². The average Bonchev–Trinajstić information content (AvgIpc) is 2.53. The summed E-state index contributed by atoms with van der Waals surface area (Å²) in [6.07, 6.45) is 1.70. The Morgan fingerprint density at radius 3 is 3.00 bits per heavy atom. The van der Waals surface area contributed by atoms with Gasteiger partial charge >= 0.3 is 0 Å². The van der Waals surface area contributed by atoms with Crippen molar-refractivity contribution < 1.29 is 9.50 Å². The second-order valence-electron chi connectivity index (χ2n) is 3.61. The number of rotatable bonds is 1. The molecule has 2 aliphatic heterocycles. The maximum atomic E-state index is 13.3. The number of alkyl halides is 1. The van der Waals surface area contributed by atoms with Gasteiger partial charge in [0, 0.05) is 6.54 Å². The van der Waals surface area contributed by atoms with Crippen molar-refractivity contribution in [2.24, 2.45) is 0 Å². The van der Waals surface area contributed by atoms with Crippen LogP contribution in [-0.2, 0) is 0 Å². The van der Waals surface area contributed by atoms with Crippen LogP contribution in [0.1, 0.15) is 19.3 Å². The third-order valence-electron chi connectivity index (χ3n) is 3.18. The quantitative estimate of drug-likeness (QED) is 0.604. The highest BCUT2D eigenvalue weighted by molar-refractivity contribution is 5.05. The largest absolute Gasteiger partial charge is 0.394 e. The van der Waals surface area contributed by atoms with Gasteiger partial charge < -0.3 is 5.11 Å². The van der Waals surface area contributed by atoms with Crippen molar-refractivity contribution in [1.29, 1.82) is 0 Å². The van der Waals surface area contributed by atoms with Crippen LogP contribution in [0.25, 0.3) is 0 Å². The zero-order valence-corrected chi connectivity index (χ0v) is 6.59. The summed E-state index contributed by atoms with van der Waals surface area (Å²) in [6, 6.07) is 0. The van der Waals surface area contributed by atoms with Crippen molar-refractivity contribution >= 4 is 0 Å². The third-order valence-corrected chi connectivity index (χ3v) is 3.18. The first-order chi connectivity index (χ1) is 5.29. The molecule has 64 valence electrons. The standard InChI is InChI=1S/C8H14FNO/c9-7-2-5-10-4-1-3-8(7,10)6-11/h7,11H,1-6H2/t7-,8-/m0/s1. The number of hydrogen-bond donors (Lipinski definition) is 1. The van der Waals surface area contributed by atoms with Crippen LogP contribution in [0.15, 0.2) is 0 Å². The third kappa shape index (κ3) is 0.842. The molecule has 1 N–H and O–H groups in total. The summed E-state index contributed by atoms with van der Waals surface area (Å²) < 4.78 is 13.3. The lowest BCUT2D eigenvalue weighted by Crippen LogP contribution is -2.47. The molecule has 2 nitrogen and oxygen atoms in total. The number of hydrogen-bond acceptors (Lipinski definition) is 2. The van der Waals surface area contributed by atoms with E-state index in [4.69, 9.17) is 5.11 Å². The summed E-state index contributed by atoms with van der Waals surface area (Å²) in [6.45, 7) is 1.80. The second kappa shape index (κ2) is 2.42. The van der Waals surface area contributed by atoms with E-state index in [1.165, 1.54) is 0 Å². The van der Waals surface area contributed by atoms with Gasteiger partial charge in [-0.3, -0.25) is 4.90 Å². The monoisotopic (exact) mass is 159 g/mol. The van der Waals surface area contributed by atoms with Gasteiger partial charge in [0.25, 0.3) is 0 Å². The fourth-order valence-electron chi connectivity index (χ4n) is 2.46. The second-order valence-corrected chi connectivity index (χ2v) is 3.61. The molecular weight excluding hydrogens is 145 g/mol. The van der Waals surface area contributed by atoms with Crippen molar-refractivity contribution in [3.63, 3.8) is 0 Å². The fraction of sp³-hybridized carbons (Fsp3) is 1.00. The van der Waals surface area contributed by atoms with Gasteiger partial charge in [-0.2, -0.15) is 0 Å². The molecule has 2 atom stereocenters. The minimum Gasteiger partial charge on any atom is -0.394 e. The topological polar surface area (TPSA) is 23.5 Å². The zero-order chi connectivity index (χ0) is 7.90. The van der Waals surface area contributed by atoms with Crippen molar-refractivity contribution in [1.82, 2.24) is 4.90 Å². The first-order valence-corrected chi connectivity index (χ1v) is 4.29. The van der Waals surface area contributed by atoms with Gasteiger partial charge in [0.2, 0.25) is 0 Å². The molecular formula is C8H14FNO. The van der Waals surface area contributed by atoms with E-state index in [9.17, 15) is 4.39 Å². The van der Waals surface area contributed by atoms with E-state index in [1.807, 2.05) is 0 Å². The van der Waals surface area contributed by atoms with Gasteiger partial charge in [-0.05, 0) is 25.8 Å². The van der Waals surface area contributed by atoms with E-state index < -0.39 is 11.7 Å². The van der Waals surface area contributed by atoms with Crippen LogP contribution in [0, 0.1) is 0 Å². The van der Waals surface area contributed by atoms with E-state index in [0.29, 0.717) is 6.42 Å². The van der Waals surface area contributed by atoms with Crippen LogP contribution in [-0.4, -0.2) is 41.4 Å². The maximum Gasteiger partial charge on any atom is 0.122 e. The molecule has 0 aromatic carbocycles. The molecule has 0 aliphatic carbocycles. The predicted octanol–water partition coefficient (Wildman–Crippen LogP) is 0.555. The number of aliphatic hydroxyl groups is 1. The Labute approximate surface area is 66.0 Å². The van der Waals surface area contributed by atoms with E-state index in [1.54, 1.807) is 0 Å². The van der Waals surface area contributed by atoms with Gasteiger partial charge in [-0.15, -0.1) is 0 Å². The normalized spacial score (nSPS) is 44.7. The Morgan fingerprint density at radius 2 is 2.36 bits per heavy atom. The summed E-state index contributed by atoms with van der Waals surface area (Å²) in [7, 11) is 0. The lowest BCUT2D eigenvalue weighted by Gasteiger charge is -2.31. The summed E-state index contributed by atoms with van der Waals surface area (Å²) in [5, 5.41) is 9.12. The number of halogens is 1. The molecule has 0 bridgehead atoms. The number of aliphatic hydroxyl groups excluding tert-OH is 1. The van der Waals surface area contributed by atoms with Crippen LogP contribution in [0.4, 0.5) is 4.39 Å². The molecule has 0 aromatic heterocycles. The first kappa shape index (κ1) is 7.50. The number of fused-ring (bicyclic) bond motifs is 1. The average molecular weight is 159 g/mol. The summed E-state index contributed by atoms with van der Waals surface area (Å²) in [5.74, 6) is 0. The molecule has 11 heavy (non-hydrogen) atoms. The van der Waals surface area contributed by atoms with Crippen molar-refractivity contribution in [2.75, 3.05) is 19.7 Å². The smallest absolute Gasteiger partial charge is 0.122 e. The Balaban J connectivity index is 2.22. The summed E-state index contributed by atoms with van der Waals surface area (Å²) in [4.78, 5) is 2.11. The van der Waals surface area contributed by atoms with Gasteiger partial charge in [0.05, 0.1) is 12.1 Å². The van der Waals surface area contributed by atoms with E-state index in [2.05, 4.69) is 4.90 Å². The molecule has 2 rings (SSSR count). The van der Waals surface area contributed by atoms with Crippen LogP contribution >= 0.6 is 0 Å². The summed E-state index contributed by atoms with van der Waals surface area (Å²) >= 11 is 0. The Morgan fingerprint density at radius 1 is 1.55 bits per heavy atom. The van der Waals surface area contributed by atoms with Gasteiger partial charge in [-0.1, -0.05) is 0 Å². The van der Waals surface area contributed by atoms with Crippen LogP contribution < -0.4 is 0 Å². The molecule has 2 saturated heterocycles. The van der Waals surface area contributed by atoms with Crippen molar-refractivity contribution in [3.05, 3.63) is 0 Å². The van der Waals surface area contributed by atoms with Crippen molar-refractivity contribution in [2.45, 2.75) is 31.0 Å². The first-order valence-electron chi connectivity index (χ1n) is 4.29. The van der Waals surface area contributed by atoms with Gasteiger partial charge in [0.15, 0.2) is 0 Å².